The first-order valence-corrected chi connectivity index (χ1v) is 8.14. The molecule has 1 rings (SSSR count). The summed E-state index contributed by atoms with van der Waals surface area (Å²) in [4.78, 5) is 15.3. The van der Waals surface area contributed by atoms with Gasteiger partial charge in [0, 0.05) is 5.41 Å². The van der Waals surface area contributed by atoms with Crippen molar-refractivity contribution < 1.29 is 13.9 Å². The van der Waals surface area contributed by atoms with Crippen LogP contribution in [0.4, 0.5) is 15.0 Å². The summed E-state index contributed by atoms with van der Waals surface area (Å²) < 4.78 is 19.7. The predicted octanol–water partition coefficient (Wildman–Crippen LogP) is 4.08. The molecular weight excluding hydrogens is 347 g/mol. The molecule has 0 aliphatic carbocycles. The molecule has 1 unspecified atom stereocenters. The van der Waals surface area contributed by atoms with Crippen LogP contribution >= 0.6 is 11.6 Å². The van der Waals surface area contributed by atoms with E-state index in [0.29, 0.717) is 0 Å². The summed E-state index contributed by atoms with van der Waals surface area (Å²) in [6, 6.07) is 2.26. The van der Waals surface area contributed by atoms with E-state index in [9.17, 15) is 9.18 Å². The maximum atomic E-state index is 14.3. The quantitative estimate of drug-likeness (QED) is 0.777. The summed E-state index contributed by atoms with van der Waals surface area (Å²) in [5.41, 5.74) is 4.24. The Morgan fingerprint density at radius 1 is 1.36 bits per heavy atom. The van der Waals surface area contributed by atoms with E-state index in [-0.39, 0.29) is 16.5 Å². The minimum atomic E-state index is -0.915. The SMILES string of the molecule is CC(C)(C)C(Nc1nc(Cl)c(C#N)cc1F)[C@H](OC(N)=O)C(C)(C)C. The van der Waals surface area contributed by atoms with Crippen LogP contribution in [0.5, 0.6) is 0 Å². The summed E-state index contributed by atoms with van der Waals surface area (Å²) in [5.74, 6) is -0.840. The first-order valence-electron chi connectivity index (χ1n) is 7.76. The summed E-state index contributed by atoms with van der Waals surface area (Å²) in [6.07, 6.45) is -1.58. The number of carbonyl (C=O) groups excluding carboxylic acids is 1. The van der Waals surface area contributed by atoms with Crippen molar-refractivity contribution in [3.63, 3.8) is 0 Å². The smallest absolute Gasteiger partial charge is 0.404 e. The third-order valence-corrected chi connectivity index (χ3v) is 3.96. The van der Waals surface area contributed by atoms with Gasteiger partial charge in [0.05, 0.1) is 11.6 Å². The Morgan fingerprint density at radius 3 is 2.32 bits per heavy atom. The van der Waals surface area contributed by atoms with Crippen LogP contribution in [-0.2, 0) is 4.74 Å². The van der Waals surface area contributed by atoms with E-state index in [0.717, 1.165) is 6.07 Å². The molecule has 0 aliphatic heterocycles. The van der Waals surface area contributed by atoms with Crippen molar-refractivity contribution in [3.8, 4) is 6.07 Å². The largest absolute Gasteiger partial charge is 0.444 e. The number of carbonyl (C=O) groups is 1. The maximum absolute atomic E-state index is 14.3. The van der Waals surface area contributed by atoms with Gasteiger partial charge in [0.2, 0.25) is 0 Å². The number of primary amides is 1. The third kappa shape index (κ3) is 5.46. The number of rotatable bonds is 4. The minimum Gasteiger partial charge on any atom is -0.444 e. The minimum absolute atomic E-state index is 0.0576. The second-order valence-corrected chi connectivity index (χ2v) is 8.34. The zero-order chi connectivity index (χ0) is 19.6. The normalized spacial score (nSPS) is 14.4. The highest BCUT2D eigenvalue weighted by Crippen LogP contribution is 2.36. The van der Waals surface area contributed by atoms with E-state index >= 15 is 0 Å². The zero-order valence-corrected chi connectivity index (χ0v) is 16.0. The Morgan fingerprint density at radius 2 is 1.92 bits per heavy atom. The molecule has 1 aromatic heterocycles. The predicted molar refractivity (Wildman–Crippen MR) is 94.7 cm³/mol. The number of hydrogen-bond donors (Lipinski definition) is 2. The molecule has 1 aromatic rings. The number of aromatic nitrogens is 1. The molecule has 1 heterocycles. The molecule has 0 bridgehead atoms. The fourth-order valence-corrected chi connectivity index (χ4v) is 2.59. The topological polar surface area (TPSA) is 101 Å². The van der Waals surface area contributed by atoms with Gasteiger partial charge in [-0.1, -0.05) is 53.1 Å². The van der Waals surface area contributed by atoms with Crippen molar-refractivity contribution in [2.24, 2.45) is 16.6 Å². The average Bonchev–Trinajstić information content (AvgIpc) is 2.43. The number of nitrogens with two attached hydrogens (primary N) is 1. The molecule has 0 fully saturated rings. The lowest BCUT2D eigenvalue weighted by Crippen LogP contribution is -2.52. The summed E-state index contributed by atoms with van der Waals surface area (Å²) >= 11 is 5.91. The van der Waals surface area contributed by atoms with Crippen LogP contribution in [0.25, 0.3) is 0 Å². The number of hydrogen-bond acceptors (Lipinski definition) is 5. The van der Waals surface area contributed by atoms with Gasteiger partial charge in [0.1, 0.15) is 17.3 Å². The molecule has 1 amide bonds. The Kier molecular flexibility index (Phi) is 6.24. The van der Waals surface area contributed by atoms with Gasteiger partial charge >= 0.3 is 6.09 Å². The van der Waals surface area contributed by atoms with Gasteiger partial charge in [-0.25, -0.2) is 14.2 Å². The number of anilines is 1. The lowest BCUT2D eigenvalue weighted by molar-refractivity contribution is 0.000205. The van der Waals surface area contributed by atoms with Gasteiger partial charge in [-0.15, -0.1) is 0 Å². The molecule has 0 aromatic carbocycles. The van der Waals surface area contributed by atoms with Crippen LogP contribution in [0, 0.1) is 28.0 Å². The van der Waals surface area contributed by atoms with Gasteiger partial charge in [0.25, 0.3) is 0 Å². The maximum Gasteiger partial charge on any atom is 0.404 e. The Bertz CT molecular complexity index is 690. The average molecular weight is 371 g/mol. The standard InChI is InChI=1S/C17H24ClFN4O2/c1-16(2,3)11(12(17(4,5)6)25-15(21)24)22-14-10(19)7-9(8-20)13(18)23-14/h7,11-12H,1-6H3,(H2,21,24)(H,22,23)/t11?,12-/m0/s1. The lowest BCUT2D eigenvalue weighted by atomic mass is 9.74. The molecule has 138 valence electrons. The summed E-state index contributed by atoms with van der Waals surface area (Å²) in [7, 11) is 0. The van der Waals surface area contributed by atoms with Gasteiger partial charge in [-0.3, -0.25) is 0 Å². The number of nitrogens with zero attached hydrogens (tertiary/aromatic N) is 2. The number of amides is 1. The van der Waals surface area contributed by atoms with E-state index < -0.39 is 34.9 Å². The summed E-state index contributed by atoms with van der Waals surface area (Å²) in [6.45, 7) is 11.4. The van der Waals surface area contributed by atoms with E-state index in [1.165, 1.54) is 0 Å². The van der Waals surface area contributed by atoms with Crippen molar-refractivity contribution in [2.45, 2.75) is 53.7 Å². The molecule has 0 saturated heterocycles. The molecule has 0 spiro atoms. The number of halogens is 2. The van der Waals surface area contributed by atoms with Gasteiger partial charge < -0.3 is 15.8 Å². The highest BCUT2D eigenvalue weighted by molar-refractivity contribution is 6.30. The van der Waals surface area contributed by atoms with Crippen molar-refractivity contribution >= 4 is 23.5 Å². The van der Waals surface area contributed by atoms with Crippen LogP contribution in [0.1, 0.15) is 47.1 Å². The van der Waals surface area contributed by atoms with Crippen molar-refractivity contribution in [1.29, 1.82) is 5.26 Å². The Hall–Kier alpha value is -2.07. The summed E-state index contributed by atoms with van der Waals surface area (Å²) in [5, 5.41) is 11.8. The van der Waals surface area contributed by atoms with Gasteiger partial charge in [-0.05, 0) is 11.5 Å². The first-order chi connectivity index (χ1) is 11.3. The highest BCUT2D eigenvalue weighted by atomic mass is 35.5. The first kappa shape index (κ1) is 21.0. The zero-order valence-electron chi connectivity index (χ0n) is 15.3. The fourth-order valence-electron chi connectivity index (χ4n) is 2.41. The molecule has 8 heteroatoms. The number of nitriles is 1. The van der Waals surface area contributed by atoms with E-state index in [2.05, 4.69) is 10.3 Å². The van der Waals surface area contributed by atoms with E-state index in [4.69, 9.17) is 27.3 Å². The van der Waals surface area contributed by atoms with Crippen molar-refractivity contribution in [2.75, 3.05) is 5.32 Å². The Balaban J connectivity index is 3.36. The molecule has 0 saturated carbocycles. The third-order valence-electron chi connectivity index (χ3n) is 3.67. The lowest BCUT2D eigenvalue weighted by Gasteiger charge is -2.43. The van der Waals surface area contributed by atoms with E-state index in [1.54, 1.807) is 6.07 Å². The number of ether oxygens (including phenoxy) is 1. The van der Waals surface area contributed by atoms with Crippen LogP contribution in [0.2, 0.25) is 5.15 Å². The van der Waals surface area contributed by atoms with Crippen LogP contribution in [-0.4, -0.2) is 23.2 Å². The molecule has 0 radical (unpaired) electrons. The van der Waals surface area contributed by atoms with Crippen molar-refractivity contribution in [1.82, 2.24) is 4.98 Å². The van der Waals surface area contributed by atoms with E-state index in [1.807, 2.05) is 41.5 Å². The number of pyridine rings is 1. The van der Waals surface area contributed by atoms with Crippen LogP contribution in [0.3, 0.4) is 0 Å². The number of nitrogens with one attached hydrogen (secondary N) is 1. The Labute approximate surface area is 152 Å². The van der Waals surface area contributed by atoms with Gasteiger partial charge in [-0.2, -0.15) is 5.26 Å². The van der Waals surface area contributed by atoms with Crippen molar-refractivity contribution in [3.05, 3.63) is 22.6 Å². The molecule has 3 N–H and O–H groups in total. The van der Waals surface area contributed by atoms with Gasteiger partial charge in [0.15, 0.2) is 11.6 Å². The van der Waals surface area contributed by atoms with Crippen LogP contribution < -0.4 is 11.1 Å². The second-order valence-electron chi connectivity index (χ2n) is 7.98. The fraction of sp³-hybridized carbons (Fsp3) is 0.588. The molecule has 6 nitrogen and oxygen atoms in total. The highest BCUT2D eigenvalue weighted by Gasteiger charge is 2.42. The second kappa shape index (κ2) is 7.44. The molecule has 25 heavy (non-hydrogen) atoms. The molecular formula is C17H24ClFN4O2. The molecule has 0 aliphatic rings. The monoisotopic (exact) mass is 370 g/mol. The van der Waals surface area contributed by atoms with Crippen LogP contribution in [0.15, 0.2) is 6.07 Å². The molecule has 2 atom stereocenters.